The Balaban J connectivity index is 2.12. The highest BCUT2D eigenvalue weighted by molar-refractivity contribution is 14.1. The van der Waals surface area contributed by atoms with Gasteiger partial charge in [0.1, 0.15) is 16.0 Å². The van der Waals surface area contributed by atoms with Gasteiger partial charge in [-0.1, -0.05) is 0 Å². The van der Waals surface area contributed by atoms with Crippen LogP contribution in [-0.2, 0) is 4.74 Å². The van der Waals surface area contributed by atoms with Gasteiger partial charge in [-0.2, -0.15) is 0 Å². The molecule has 0 radical (unpaired) electrons. The molecule has 1 saturated heterocycles. The molecule has 5 nitrogen and oxygen atoms in total. The number of imidazole rings is 1. The van der Waals surface area contributed by atoms with Crippen LogP contribution in [0.2, 0.25) is 0 Å². The summed E-state index contributed by atoms with van der Waals surface area (Å²) in [6.07, 6.45) is 2.61. The number of aliphatic hydroxyl groups is 2. The summed E-state index contributed by atoms with van der Waals surface area (Å²) in [5.41, 5.74) is 0. The molecule has 78 valence electrons. The number of hydrogen-bond donors (Lipinski definition) is 2. The Bertz CT molecular complexity index is 317. The quantitative estimate of drug-likeness (QED) is 0.762. The fraction of sp³-hybridized carbons (Fsp3) is 0.625. The third-order valence-corrected chi connectivity index (χ3v) is 3.15. The van der Waals surface area contributed by atoms with E-state index in [4.69, 9.17) is 9.84 Å². The first kappa shape index (κ1) is 10.3. The highest BCUT2D eigenvalue weighted by atomic mass is 127. The van der Waals surface area contributed by atoms with E-state index in [1.165, 1.54) is 0 Å². The van der Waals surface area contributed by atoms with Gasteiger partial charge in [-0.3, -0.25) is 4.57 Å². The third kappa shape index (κ3) is 1.79. The second kappa shape index (κ2) is 4.13. The fourth-order valence-electron chi connectivity index (χ4n) is 1.55. The maximum absolute atomic E-state index is 9.53. The van der Waals surface area contributed by atoms with Crippen LogP contribution in [0, 0.1) is 3.70 Å². The second-order valence-corrected chi connectivity index (χ2v) is 4.34. The maximum Gasteiger partial charge on any atom is 0.138 e. The molecule has 14 heavy (non-hydrogen) atoms. The normalized spacial score (nSPS) is 32.4. The average molecular weight is 310 g/mol. The zero-order chi connectivity index (χ0) is 10.1. The molecule has 1 aliphatic heterocycles. The van der Waals surface area contributed by atoms with Crippen LogP contribution in [0.5, 0.6) is 0 Å². The minimum Gasteiger partial charge on any atom is -0.394 e. The number of aromatic nitrogens is 2. The maximum atomic E-state index is 9.53. The van der Waals surface area contributed by atoms with Crippen LogP contribution in [0.4, 0.5) is 0 Å². The number of hydrogen-bond acceptors (Lipinski definition) is 4. The van der Waals surface area contributed by atoms with E-state index in [1.54, 1.807) is 12.5 Å². The summed E-state index contributed by atoms with van der Waals surface area (Å²) in [5.74, 6) is 0. The zero-order valence-corrected chi connectivity index (χ0v) is 9.53. The molecule has 0 aromatic carbocycles. The van der Waals surface area contributed by atoms with E-state index in [-0.39, 0.29) is 12.8 Å². The van der Waals surface area contributed by atoms with Crippen LogP contribution in [0.15, 0.2) is 12.5 Å². The molecule has 1 fully saturated rings. The van der Waals surface area contributed by atoms with E-state index < -0.39 is 12.2 Å². The Labute approximate surface area is 94.9 Å². The van der Waals surface area contributed by atoms with E-state index in [2.05, 4.69) is 27.6 Å². The van der Waals surface area contributed by atoms with Crippen LogP contribution < -0.4 is 0 Å². The lowest BCUT2D eigenvalue weighted by atomic mass is 10.2. The van der Waals surface area contributed by atoms with Crippen molar-refractivity contribution in [3.63, 3.8) is 0 Å². The minimum atomic E-state index is -0.594. The zero-order valence-electron chi connectivity index (χ0n) is 7.38. The van der Waals surface area contributed by atoms with Gasteiger partial charge in [0, 0.05) is 6.42 Å². The molecule has 0 bridgehead atoms. The molecule has 1 aromatic heterocycles. The molecular formula is C8H11IN2O3. The molecule has 2 heterocycles. The molecule has 1 aromatic rings. The number of rotatable bonds is 2. The van der Waals surface area contributed by atoms with Gasteiger partial charge < -0.3 is 14.9 Å². The molecule has 0 unspecified atom stereocenters. The molecule has 0 spiro atoms. The summed E-state index contributed by atoms with van der Waals surface area (Å²) in [7, 11) is 0. The minimum absolute atomic E-state index is 0.150. The molecule has 2 rings (SSSR count). The van der Waals surface area contributed by atoms with Gasteiger partial charge in [-0.25, -0.2) is 4.98 Å². The van der Waals surface area contributed by atoms with E-state index >= 15 is 0 Å². The molecule has 0 saturated carbocycles. The van der Waals surface area contributed by atoms with Crippen molar-refractivity contribution in [3.05, 3.63) is 16.2 Å². The predicted octanol–water partition coefficient (Wildman–Crippen LogP) is 0.128. The first-order chi connectivity index (χ1) is 6.72. The lowest BCUT2D eigenvalue weighted by Gasteiger charge is -2.13. The molecule has 6 heteroatoms. The van der Waals surface area contributed by atoms with Crippen molar-refractivity contribution >= 4 is 22.6 Å². The number of nitrogens with zero attached hydrogens (tertiary/aromatic N) is 2. The third-order valence-electron chi connectivity index (χ3n) is 2.31. The van der Waals surface area contributed by atoms with Gasteiger partial charge in [0.05, 0.1) is 25.2 Å². The predicted molar refractivity (Wildman–Crippen MR) is 56.6 cm³/mol. The smallest absolute Gasteiger partial charge is 0.138 e. The van der Waals surface area contributed by atoms with E-state index in [0.29, 0.717) is 6.42 Å². The van der Waals surface area contributed by atoms with E-state index in [1.807, 2.05) is 4.57 Å². The largest absolute Gasteiger partial charge is 0.394 e. The van der Waals surface area contributed by atoms with Crippen LogP contribution >= 0.6 is 22.6 Å². The number of ether oxygens (including phenoxy) is 1. The lowest BCUT2D eigenvalue weighted by molar-refractivity contribution is -0.0451. The summed E-state index contributed by atoms with van der Waals surface area (Å²) in [4.78, 5) is 3.97. The van der Waals surface area contributed by atoms with Crippen molar-refractivity contribution in [2.75, 3.05) is 6.61 Å². The highest BCUT2D eigenvalue weighted by Gasteiger charge is 2.34. The summed E-state index contributed by atoms with van der Waals surface area (Å²) in [5, 5.41) is 18.4. The molecular weight excluding hydrogens is 299 g/mol. The van der Waals surface area contributed by atoms with Crippen LogP contribution in [0.25, 0.3) is 0 Å². The van der Waals surface area contributed by atoms with Gasteiger partial charge in [0.15, 0.2) is 0 Å². The number of halogens is 1. The summed E-state index contributed by atoms with van der Waals surface area (Å²) >= 11 is 2.15. The summed E-state index contributed by atoms with van der Waals surface area (Å²) < 4.78 is 8.27. The van der Waals surface area contributed by atoms with Crippen molar-refractivity contribution < 1.29 is 14.9 Å². The van der Waals surface area contributed by atoms with Crippen LogP contribution in [0.3, 0.4) is 0 Å². The lowest BCUT2D eigenvalue weighted by Crippen LogP contribution is -2.24. The molecule has 0 amide bonds. The molecule has 0 aliphatic carbocycles. The topological polar surface area (TPSA) is 67.5 Å². The van der Waals surface area contributed by atoms with Gasteiger partial charge in [0.25, 0.3) is 0 Å². The van der Waals surface area contributed by atoms with Crippen LogP contribution in [0.1, 0.15) is 12.6 Å². The standard InChI is InChI=1S/C8H11IN2O3/c9-7-2-10-4-11(7)8-1-5(13)6(3-12)14-8/h2,4-6,8,12-13H,1,3H2/t5-,6+,8+/m0/s1. The first-order valence-electron chi connectivity index (χ1n) is 4.34. The second-order valence-electron chi connectivity index (χ2n) is 3.24. The van der Waals surface area contributed by atoms with Crippen molar-refractivity contribution in [2.45, 2.75) is 24.9 Å². The van der Waals surface area contributed by atoms with Crippen molar-refractivity contribution in [1.29, 1.82) is 0 Å². The average Bonchev–Trinajstić information content (AvgIpc) is 2.71. The summed E-state index contributed by atoms with van der Waals surface area (Å²) in [6.45, 7) is -0.150. The first-order valence-corrected chi connectivity index (χ1v) is 5.42. The number of aliphatic hydroxyl groups excluding tert-OH is 2. The molecule has 2 N–H and O–H groups in total. The Morgan fingerprint density at radius 2 is 2.50 bits per heavy atom. The molecule has 3 atom stereocenters. The SMILES string of the molecule is OC[C@H]1O[C@@H](n2cncc2I)C[C@@H]1O. The Hall–Kier alpha value is -0.180. The molecule has 1 aliphatic rings. The Morgan fingerprint density at radius 3 is 3.00 bits per heavy atom. The van der Waals surface area contributed by atoms with E-state index in [9.17, 15) is 5.11 Å². The van der Waals surface area contributed by atoms with Crippen molar-refractivity contribution in [2.24, 2.45) is 0 Å². The monoisotopic (exact) mass is 310 g/mol. The van der Waals surface area contributed by atoms with Gasteiger partial charge >= 0.3 is 0 Å². The van der Waals surface area contributed by atoms with Gasteiger partial charge in [-0.05, 0) is 22.6 Å². The fourth-order valence-corrected chi connectivity index (χ4v) is 2.15. The Morgan fingerprint density at radius 1 is 1.71 bits per heavy atom. The highest BCUT2D eigenvalue weighted by Crippen LogP contribution is 2.29. The Kier molecular flexibility index (Phi) is 3.05. The van der Waals surface area contributed by atoms with E-state index in [0.717, 1.165) is 3.70 Å². The summed E-state index contributed by atoms with van der Waals surface area (Å²) in [6, 6.07) is 0. The van der Waals surface area contributed by atoms with Crippen molar-refractivity contribution in [3.8, 4) is 0 Å². The van der Waals surface area contributed by atoms with Gasteiger partial charge in [0.2, 0.25) is 0 Å². The van der Waals surface area contributed by atoms with Crippen molar-refractivity contribution in [1.82, 2.24) is 9.55 Å². The van der Waals surface area contributed by atoms with Gasteiger partial charge in [-0.15, -0.1) is 0 Å². The van der Waals surface area contributed by atoms with Crippen LogP contribution in [-0.4, -0.2) is 38.6 Å².